The predicted octanol–water partition coefficient (Wildman–Crippen LogP) is 2.11. The van der Waals surface area contributed by atoms with Gasteiger partial charge in [0.05, 0.1) is 12.2 Å². The molecule has 0 unspecified atom stereocenters. The summed E-state index contributed by atoms with van der Waals surface area (Å²) in [6, 6.07) is 3.93. The molecule has 0 atom stereocenters. The summed E-state index contributed by atoms with van der Waals surface area (Å²) in [5, 5.41) is 1.02. The maximum Gasteiger partial charge on any atom is 0.219 e. The van der Waals surface area contributed by atoms with Crippen LogP contribution in [0, 0.1) is 0 Å². The summed E-state index contributed by atoms with van der Waals surface area (Å²) < 4.78 is 0. The molecule has 18 heavy (non-hydrogen) atoms. The summed E-state index contributed by atoms with van der Waals surface area (Å²) in [5.74, 6) is 0.138. The number of nitrogens with zero attached hydrogens (tertiary/aromatic N) is 3. The van der Waals surface area contributed by atoms with Crippen LogP contribution in [-0.4, -0.2) is 27.3 Å². The molecule has 4 nitrogen and oxygen atoms in total. The normalized spacial score (nSPS) is 14.4. The van der Waals surface area contributed by atoms with Crippen molar-refractivity contribution in [3.8, 4) is 10.6 Å². The first-order chi connectivity index (χ1) is 8.74. The standard InChI is InChI=1S/C13H13N3OS/c1-9(17)16-7-4-11-12(8-16)18-13(15-11)10-2-5-14-6-3-10/h2-3,5-6H,4,7-8H2,1H3. The molecular formula is C13H13N3OS. The number of thiazole rings is 1. The average molecular weight is 259 g/mol. The molecular weight excluding hydrogens is 246 g/mol. The molecule has 0 aliphatic carbocycles. The molecule has 92 valence electrons. The molecule has 0 N–H and O–H groups in total. The first kappa shape index (κ1) is 11.3. The maximum atomic E-state index is 11.4. The Kier molecular flexibility index (Phi) is 2.83. The molecule has 0 saturated carbocycles. The maximum absolute atomic E-state index is 11.4. The van der Waals surface area contributed by atoms with Crippen LogP contribution in [0.3, 0.4) is 0 Å². The minimum Gasteiger partial charge on any atom is -0.337 e. The molecule has 0 bridgehead atoms. The van der Waals surface area contributed by atoms with Crippen LogP contribution in [0.1, 0.15) is 17.5 Å². The number of fused-ring (bicyclic) bond motifs is 1. The Bertz CT molecular complexity index is 579. The van der Waals surface area contributed by atoms with E-state index in [-0.39, 0.29) is 5.91 Å². The summed E-state index contributed by atoms with van der Waals surface area (Å²) in [5.41, 5.74) is 2.24. The highest BCUT2D eigenvalue weighted by Gasteiger charge is 2.22. The van der Waals surface area contributed by atoms with Crippen molar-refractivity contribution in [2.45, 2.75) is 19.9 Å². The third-order valence-electron chi connectivity index (χ3n) is 3.10. The highest BCUT2D eigenvalue weighted by molar-refractivity contribution is 7.15. The van der Waals surface area contributed by atoms with E-state index in [9.17, 15) is 4.79 Å². The first-order valence-electron chi connectivity index (χ1n) is 5.88. The number of rotatable bonds is 1. The Hall–Kier alpha value is -1.75. The second-order valence-electron chi connectivity index (χ2n) is 4.32. The van der Waals surface area contributed by atoms with Crippen molar-refractivity contribution < 1.29 is 4.79 Å². The van der Waals surface area contributed by atoms with E-state index in [4.69, 9.17) is 0 Å². The fourth-order valence-corrected chi connectivity index (χ4v) is 3.21. The molecule has 2 aromatic heterocycles. The minimum atomic E-state index is 0.138. The summed E-state index contributed by atoms with van der Waals surface area (Å²) in [7, 11) is 0. The van der Waals surface area contributed by atoms with Crippen molar-refractivity contribution >= 4 is 17.2 Å². The molecule has 5 heteroatoms. The zero-order valence-corrected chi connectivity index (χ0v) is 10.9. The quantitative estimate of drug-likeness (QED) is 0.788. The van der Waals surface area contributed by atoms with Gasteiger partial charge in [0, 0.05) is 42.7 Å². The SMILES string of the molecule is CC(=O)N1CCc2nc(-c3ccncc3)sc2C1. The second-order valence-corrected chi connectivity index (χ2v) is 5.40. The van der Waals surface area contributed by atoms with Crippen LogP contribution in [0.5, 0.6) is 0 Å². The summed E-state index contributed by atoms with van der Waals surface area (Å²) in [4.78, 5) is 23.2. The van der Waals surface area contributed by atoms with Gasteiger partial charge in [0.2, 0.25) is 5.91 Å². The van der Waals surface area contributed by atoms with Crippen LogP contribution >= 0.6 is 11.3 Å². The molecule has 0 aromatic carbocycles. The summed E-state index contributed by atoms with van der Waals surface area (Å²) in [6.07, 6.45) is 4.41. The average Bonchev–Trinajstić information content (AvgIpc) is 2.82. The fraction of sp³-hybridized carbons (Fsp3) is 0.308. The van der Waals surface area contributed by atoms with Crippen LogP contribution in [0.2, 0.25) is 0 Å². The second kappa shape index (κ2) is 4.49. The lowest BCUT2D eigenvalue weighted by Crippen LogP contribution is -2.33. The lowest BCUT2D eigenvalue weighted by atomic mass is 10.2. The van der Waals surface area contributed by atoms with Crippen molar-refractivity contribution in [2.24, 2.45) is 0 Å². The van der Waals surface area contributed by atoms with Crippen molar-refractivity contribution in [3.63, 3.8) is 0 Å². The Morgan fingerprint density at radius 2 is 2.17 bits per heavy atom. The van der Waals surface area contributed by atoms with Crippen LogP contribution in [0.4, 0.5) is 0 Å². The molecule has 3 heterocycles. The predicted molar refractivity (Wildman–Crippen MR) is 70.1 cm³/mol. The number of pyridine rings is 1. The van der Waals surface area contributed by atoms with E-state index in [0.29, 0.717) is 6.54 Å². The van der Waals surface area contributed by atoms with Crippen molar-refractivity contribution in [1.82, 2.24) is 14.9 Å². The Labute approximate surface area is 109 Å². The minimum absolute atomic E-state index is 0.138. The monoisotopic (exact) mass is 259 g/mol. The van der Waals surface area contributed by atoms with Crippen molar-refractivity contribution in [2.75, 3.05) is 6.54 Å². The van der Waals surface area contributed by atoms with E-state index < -0.39 is 0 Å². The topological polar surface area (TPSA) is 46.1 Å². The smallest absolute Gasteiger partial charge is 0.219 e. The van der Waals surface area contributed by atoms with E-state index in [1.165, 1.54) is 4.88 Å². The summed E-state index contributed by atoms with van der Waals surface area (Å²) in [6.45, 7) is 3.10. The molecule has 1 amide bonds. The van der Waals surface area contributed by atoms with Crippen LogP contribution in [0.25, 0.3) is 10.6 Å². The van der Waals surface area contributed by atoms with Gasteiger partial charge in [0.15, 0.2) is 0 Å². The van der Waals surface area contributed by atoms with Gasteiger partial charge in [0.25, 0.3) is 0 Å². The number of aromatic nitrogens is 2. The molecule has 2 aromatic rings. The Morgan fingerprint density at radius 1 is 1.39 bits per heavy atom. The molecule has 0 saturated heterocycles. The van der Waals surface area contributed by atoms with Crippen molar-refractivity contribution in [3.05, 3.63) is 35.1 Å². The van der Waals surface area contributed by atoms with Crippen molar-refractivity contribution in [1.29, 1.82) is 0 Å². The lowest BCUT2D eigenvalue weighted by Gasteiger charge is -2.24. The molecule has 0 fully saturated rings. The van der Waals surface area contributed by atoms with Gasteiger partial charge in [-0.25, -0.2) is 4.98 Å². The fourth-order valence-electron chi connectivity index (χ4n) is 2.08. The van der Waals surface area contributed by atoms with Crippen LogP contribution in [-0.2, 0) is 17.8 Å². The van der Waals surface area contributed by atoms with E-state index in [1.807, 2.05) is 17.0 Å². The summed E-state index contributed by atoms with van der Waals surface area (Å²) >= 11 is 1.68. The van der Waals surface area contributed by atoms with E-state index in [1.54, 1.807) is 30.7 Å². The zero-order valence-electron chi connectivity index (χ0n) is 10.1. The van der Waals surface area contributed by atoms with Gasteiger partial charge < -0.3 is 4.90 Å². The Balaban J connectivity index is 1.92. The molecule has 1 aliphatic heterocycles. The first-order valence-corrected chi connectivity index (χ1v) is 6.70. The van der Waals surface area contributed by atoms with Gasteiger partial charge >= 0.3 is 0 Å². The zero-order chi connectivity index (χ0) is 12.5. The van der Waals surface area contributed by atoms with E-state index >= 15 is 0 Å². The van der Waals surface area contributed by atoms with Crippen LogP contribution in [0.15, 0.2) is 24.5 Å². The highest BCUT2D eigenvalue weighted by Crippen LogP contribution is 2.31. The molecule has 3 rings (SSSR count). The van der Waals surface area contributed by atoms with Gasteiger partial charge in [-0.2, -0.15) is 0 Å². The molecule has 0 spiro atoms. The molecule has 1 aliphatic rings. The molecule has 0 radical (unpaired) electrons. The largest absolute Gasteiger partial charge is 0.337 e. The van der Waals surface area contributed by atoms with Gasteiger partial charge in [-0.3, -0.25) is 9.78 Å². The van der Waals surface area contributed by atoms with Gasteiger partial charge in [-0.05, 0) is 12.1 Å². The number of hydrogen-bond acceptors (Lipinski definition) is 4. The number of hydrogen-bond donors (Lipinski definition) is 0. The van der Waals surface area contributed by atoms with Gasteiger partial charge in [-0.1, -0.05) is 0 Å². The number of amides is 1. The van der Waals surface area contributed by atoms with Gasteiger partial charge in [0.1, 0.15) is 5.01 Å². The van der Waals surface area contributed by atoms with E-state index in [0.717, 1.165) is 29.2 Å². The third-order valence-corrected chi connectivity index (χ3v) is 4.24. The lowest BCUT2D eigenvalue weighted by molar-refractivity contribution is -0.129. The van der Waals surface area contributed by atoms with E-state index in [2.05, 4.69) is 9.97 Å². The highest BCUT2D eigenvalue weighted by atomic mass is 32.1. The van der Waals surface area contributed by atoms with Crippen LogP contribution < -0.4 is 0 Å². The number of carbonyl (C=O) groups is 1. The Morgan fingerprint density at radius 3 is 2.89 bits per heavy atom. The third kappa shape index (κ3) is 2.01. The number of carbonyl (C=O) groups excluding carboxylic acids is 1. The van der Waals surface area contributed by atoms with Gasteiger partial charge in [-0.15, -0.1) is 11.3 Å².